The average molecular weight is 217 g/mol. The third-order valence-electron chi connectivity index (χ3n) is 2.78. The number of hydrogen-bond acceptors (Lipinski definition) is 3. The van der Waals surface area contributed by atoms with Crippen molar-refractivity contribution in [3.8, 4) is 11.8 Å². The van der Waals surface area contributed by atoms with Crippen molar-refractivity contribution in [3.63, 3.8) is 0 Å². The molecule has 84 valence electrons. The third kappa shape index (κ3) is 2.17. The average Bonchev–Trinajstić information content (AvgIpc) is 2.78. The largest absolute Gasteiger partial charge is 0.494 e. The topological polar surface area (TPSA) is 42.2 Å². The standard InChI is InChI=1S/C13H15NO2/c1-2-15-12-5-3-10(4-6-12)13-11(9-14)7-8-16-13/h3-6,11,13H,2,7-8H2,1H3. The molecule has 2 unspecified atom stereocenters. The van der Waals surface area contributed by atoms with Crippen LogP contribution in [-0.4, -0.2) is 13.2 Å². The number of benzene rings is 1. The van der Waals surface area contributed by atoms with E-state index >= 15 is 0 Å². The minimum Gasteiger partial charge on any atom is -0.494 e. The molecule has 1 aliphatic heterocycles. The number of nitrogens with zero attached hydrogens (tertiary/aromatic N) is 1. The van der Waals surface area contributed by atoms with Gasteiger partial charge in [0.25, 0.3) is 0 Å². The maximum absolute atomic E-state index is 8.98. The van der Waals surface area contributed by atoms with Gasteiger partial charge in [0.15, 0.2) is 0 Å². The minimum atomic E-state index is -0.0688. The second-order valence-corrected chi connectivity index (χ2v) is 3.82. The van der Waals surface area contributed by atoms with Crippen LogP contribution < -0.4 is 4.74 Å². The molecule has 0 aromatic heterocycles. The van der Waals surface area contributed by atoms with Crippen LogP contribution in [0.25, 0.3) is 0 Å². The number of nitriles is 1. The van der Waals surface area contributed by atoms with Gasteiger partial charge in [0.2, 0.25) is 0 Å². The van der Waals surface area contributed by atoms with E-state index in [1.54, 1.807) is 0 Å². The van der Waals surface area contributed by atoms with Gasteiger partial charge in [-0.1, -0.05) is 12.1 Å². The van der Waals surface area contributed by atoms with Crippen LogP contribution in [0.15, 0.2) is 24.3 Å². The van der Waals surface area contributed by atoms with E-state index in [0.717, 1.165) is 17.7 Å². The first-order valence-corrected chi connectivity index (χ1v) is 5.59. The number of rotatable bonds is 3. The monoisotopic (exact) mass is 217 g/mol. The van der Waals surface area contributed by atoms with Crippen molar-refractivity contribution in [2.45, 2.75) is 19.4 Å². The van der Waals surface area contributed by atoms with Crippen LogP contribution in [0.2, 0.25) is 0 Å². The Kier molecular flexibility index (Phi) is 3.43. The van der Waals surface area contributed by atoms with Crippen molar-refractivity contribution >= 4 is 0 Å². The molecule has 2 atom stereocenters. The Hall–Kier alpha value is -1.53. The molecule has 1 heterocycles. The van der Waals surface area contributed by atoms with Gasteiger partial charge in [-0.05, 0) is 31.0 Å². The molecular weight excluding hydrogens is 202 g/mol. The lowest BCUT2D eigenvalue weighted by molar-refractivity contribution is 0.101. The van der Waals surface area contributed by atoms with Crippen LogP contribution in [0, 0.1) is 17.2 Å². The summed E-state index contributed by atoms with van der Waals surface area (Å²) in [5.74, 6) is 0.843. The Balaban J connectivity index is 2.12. The highest BCUT2D eigenvalue weighted by Gasteiger charge is 2.29. The predicted molar refractivity (Wildman–Crippen MR) is 60.0 cm³/mol. The van der Waals surface area contributed by atoms with Gasteiger partial charge in [-0.2, -0.15) is 5.26 Å². The molecule has 1 saturated heterocycles. The summed E-state index contributed by atoms with van der Waals surface area (Å²) in [5, 5.41) is 8.98. The molecule has 1 aromatic carbocycles. The summed E-state index contributed by atoms with van der Waals surface area (Å²) < 4.78 is 10.9. The highest BCUT2D eigenvalue weighted by atomic mass is 16.5. The highest BCUT2D eigenvalue weighted by molar-refractivity contribution is 5.30. The molecular formula is C13H15NO2. The van der Waals surface area contributed by atoms with Gasteiger partial charge < -0.3 is 9.47 Å². The number of ether oxygens (including phenoxy) is 2. The molecule has 1 aliphatic rings. The summed E-state index contributed by atoms with van der Waals surface area (Å²) in [4.78, 5) is 0. The summed E-state index contributed by atoms with van der Waals surface area (Å²) in [5.41, 5.74) is 1.06. The van der Waals surface area contributed by atoms with E-state index in [1.165, 1.54) is 0 Å². The zero-order valence-corrected chi connectivity index (χ0v) is 9.35. The van der Waals surface area contributed by atoms with Crippen molar-refractivity contribution in [2.75, 3.05) is 13.2 Å². The van der Waals surface area contributed by atoms with Gasteiger partial charge in [-0.3, -0.25) is 0 Å². The van der Waals surface area contributed by atoms with E-state index in [9.17, 15) is 0 Å². The maximum Gasteiger partial charge on any atom is 0.119 e. The van der Waals surface area contributed by atoms with Crippen molar-refractivity contribution in [1.29, 1.82) is 5.26 Å². The molecule has 2 rings (SSSR count). The van der Waals surface area contributed by atoms with Gasteiger partial charge in [-0.25, -0.2) is 0 Å². The van der Waals surface area contributed by atoms with Crippen molar-refractivity contribution in [1.82, 2.24) is 0 Å². The van der Waals surface area contributed by atoms with E-state index in [4.69, 9.17) is 14.7 Å². The Morgan fingerprint density at radius 3 is 2.81 bits per heavy atom. The zero-order chi connectivity index (χ0) is 11.4. The van der Waals surface area contributed by atoms with E-state index in [2.05, 4.69) is 6.07 Å². The van der Waals surface area contributed by atoms with Crippen LogP contribution in [0.4, 0.5) is 0 Å². The molecule has 0 radical (unpaired) electrons. The lowest BCUT2D eigenvalue weighted by Gasteiger charge is -2.13. The molecule has 0 N–H and O–H groups in total. The van der Waals surface area contributed by atoms with Gasteiger partial charge >= 0.3 is 0 Å². The molecule has 1 fully saturated rings. The molecule has 0 spiro atoms. The molecule has 0 saturated carbocycles. The minimum absolute atomic E-state index is 0.0158. The fourth-order valence-corrected chi connectivity index (χ4v) is 1.97. The summed E-state index contributed by atoms with van der Waals surface area (Å²) in [6, 6.07) is 10.1. The molecule has 0 amide bonds. The third-order valence-corrected chi connectivity index (χ3v) is 2.78. The second-order valence-electron chi connectivity index (χ2n) is 3.82. The predicted octanol–water partition coefficient (Wildman–Crippen LogP) is 2.69. The van der Waals surface area contributed by atoms with E-state index < -0.39 is 0 Å². The second kappa shape index (κ2) is 5.00. The number of hydrogen-bond donors (Lipinski definition) is 0. The van der Waals surface area contributed by atoms with Crippen LogP contribution >= 0.6 is 0 Å². The summed E-state index contributed by atoms with van der Waals surface area (Å²) in [6.07, 6.45) is 0.759. The first-order valence-electron chi connectivity index (χ1n) is 5.59. The van der Waals surface area contributed by atoms with Crippen molar-refractivity contribution in [2.24, 2.45) is 5.92 Å². The quantitative estimate of drug-likeness (QED) is 0.781. The van der Waals surface area contributed by atoms with Crippen molar-refractivity contribution in [3.05, 3.63) is 29.8 Å². The summed E-state index contributed by atoms with van der Waals surface area (Å²) >= 11 is 0. The Morgan fingerprint density at radius 1 is 1.44 bits per heavy atom. The lowest BCUT2D eigenvalue weighted by Crippen LogP contribution is -2.05. The first kappa shape index (κ1) is 11.0. The Morgan fingerprint density at radius 2 is 2.19 bits per heavy atom. The van der Waals surface area contributed by atoms with Gasteiger partial charge in [0.05, 0.1) is 24.7 Å². The highest BCUT2D eigenvalue weighted by Crippen LogP contribution is 2.34. The molecule has 3 nitrogen and oxygen atoms in total. The molecule has 16 heavy (non-hydrogen) atoms. The maximum atomic E-state index is 8.98. The first-order chi connectivity index (χ1) is 7.85. The summed E-state index contributed by atoms with van der Waals surface area (Å²) in [6.45, 7) is 3.30. The smallest absolute Gasteiger partial charge is 0.119 e. The van der Waals surface area contributed by atoms with E-state index in [-0.39, 0.29) is 12.0 Å². The fourth-order valence-electron chi connectivity index (χ4n) is 1.97. The van der Waals surface area contributed by atoms with Gasteiger partial charge in [-0.15, -0.1) is 0 Å². The molecule has 1 aromatic rings. The molecule has 0 bridgehead atoms. The Labute approximate surface area is 95.6 Å². The van der Waals surface area contributed by atoms with E-state index in [0.29, 0.717) is 13.2 Å². The lowest BCUT2D eigenvalue weighted by atomic mass is 9.97. The van der Waals surface area contributed by atoms with Gasteiger partial charge in [0.1, 0.15) is 5.75 Å². The molecule has 3 heteroatoms. The van der Waals surface area contributed by atoms with Crippen molar-refractivity contribution < 1.29 is 9.47 Å². The van der Waals surface area contributed by atoms with Crippen LogP contribution in [0.3, 0.4) is 0 Å². The normalized spacial score (nSPS) is 24.0. The van der Waals surface area contributed by atoms with Crippen LogP contribution in [-0.2, 0) is 4.74 Å². The summed E-state index contributed by atoms with van der Waals surface area (Å²) in [7, 11) is 0. The Bertz CT molecular complexity index is 380. The zero-order valence-electron chi connectivity index (χ0n) is 9.35. The van der Waals surface area contributed by atoms with Gasteiger partial charge in [0, 0.05) is 6.61 Å². The van der Waals surface area contributed by atoms with E-state index in [1.807, 2.05) is 31.2 Å². The van der Waals surface area contributed by atoms with Crippen LogP contribution in [0.1, 0.15) is 25.0 Å². The SMILES string of the molecule is CCOc1ccc(C2OCCC2C#N)cc1. The molecule has 0 aliphatic carbocycles. The van der Waals surface area contributed by atoms with Crippen LogP contribution in [0.5, 0.6) is 5.75 Å². The fraction of sp³-hybridized carbons (Fsp3) is 0.462.